The number of nitrogens with zero attached hydrogens (tertiary/aromatic N) is 1. The van der Waals surface area contributed by atoms with E-state index < -0.39 is 22.0 Å². The average Bonchev–Trinajstić information content (AvgIpc) is 3.39. The first kappa shape index (κ1) is 18.1. The van der Waals surface area contributed by atoms with Crippen LogP contribution in [0.4, 0.5) is 10.5 Å². The van der Waals surface area contributed by atoms with Gasteiger partial charge < -0.3 is 19.3 Å². The maximum atomic E-state index is 12.5. The lowest BCUT2D eigenvalue weighted by atomic mass is 10.1. The number of carbonyl (C=O) groups excluding carboxylic acids is 2. The van der Waals surface area contributed by atoms with Crippen LogP contribution in [0.1, 0.15) is 5.56 Å². The number of hydrogen-bond acceptors (Lipinski definition) is 9. The topological polar surface area (TPSA) is 131 Å². The summed E-state index contributed by atoms with van der Waals surface area (Å²) in [4.78, 5) is 23.8. The van der Waals surface area contributed by atoms with E-state index in [1.807, 2.05) is 0 Å². The van der Waals surface area contributed by atoms with Crippen LogP contribution in [0.15, 0.2) is 34.0 Å². The van der Waals surface area contributed by atoms with Crippen LogP contribution >= 0.6 is 11.3 Å². The summed E-state index contributed by atoms with van der Waals surface area (Å²) in [7, 11) is -3.88. The van der Waals surface area contributed by atoms with Gasteiger partial charge in [0, 0.05) is 11.8 Å². The predicted octanol–water partition coefficient (Wildman–Crippen LogP) is 1.93. The zero-order valence-corrected chi connectivity index (χ0v) is 15.6. The monoisotopic (exact) mass is 424 g/mol. The van der Waals surface area contributed by atoms with Gasteiger partial charge >= 0.3 is 6.09 Å². The van der Waals surface area contributed by atoms with Gasteiger partial charge in [-0.2, -0.15) is 0 Å². The molecule has 1 aromatic heterocycles. The number of thiophene rings is 1. The minimum atomic E-state index is -3.88. The molecule has 1 aromatic carbocycles. The number of rotatable bonds is 5. The SMILES string of the molecule is O=C1COC(=O)N1/C=C\c1cc(NS(=O)(=O)c2cccs2)c2c(c1O)OCO2. The van der Waals surface area contributed by atoms with E-state index in [1.165, 1.54) is 18.2 Å². The number of phenolic OH excluding ortho intramolecular Hbond substituents is 1. The number of cyclic esters (lactones) is 1. The summed E-state index contributed by atoms with van der Waals surface area (Å²) in [5.41, 5.74) is 0.134. The van der Waals surface area contributed by atoms with Crippen molar-refractivity contribution in [2.24, 2.45) is 0 Å². The maximum absolute atomic E-state index is 12.5. The van der Waals surface area contributed by atoms with E-state index in [2.05, 4.69) is 9.46 Å². The molecule has 0 saturated carbocycles. The Labute approximate surface area is 162 Å². The number of amides is 2. The highest BCUT2D eigenvalue weighted by Crippen LogP contribution is 2.48. The van der Waals surface area contributed by atoms with Gasteiger partial charge in [0.1, 0.15) is 4.21 Å². The number of benzene rings is 1. The minimum absolute atomic E-state index is 0.0337. The quantitative estimate of drug-likeness (QED) is 0.696. The molecule has 146 valence electrons. The van der Waals surface area contributed by atoms with Crippen molar-refractivity contribution < 1.29 is 37.3 Å². The summed E-state index contributed by atoms with van der Waals surface area (Å²) in [5, 5.41) is 12.0. The first-order valence-corrected chi connectivity index (χ1v) is 10.1. The van der Waals surface area contributed by atoms with E-state index in [0.717, 1.165) is 22.4 Å². The third-order valence-electron chi connectivity index (χ3n) is 3.84. The van der Waals surface area contributed by atoms with Crippen LogP contribution in [0, 0.1) is 0 Å². The summed E-state index contributed by atoms with van der Waals surface area (Å²) in [6, 6.07) is 4.34. The second kappa shape index (κ2) is 6.73. The summed E-state index contributed by atoms with van der Waals surface area (Å²) in [6.07, 6.45) is 1.53. The van der Waals surface area contributed by atoms with Crippen molar-refractivity contribution in [2.75, 3.05) is 18.1 Å². The van der Waals surface area contributed by atoms with Crippen LogP contribution in [0.3, 0.4) is 0 Å². The second-order valence-corrected chi connectivity index (χ2v) is 8.46. The average molecular weight is 424 g/mol. The first-order valence-electron chi connectivity index (χ1n) is 7.76. The van der Waals surface area contributed by atoms with Gasteiger partial charge in [0.2, 0.25) is 12.5 Å². The van der Waals surface area contributed by atoms with Crippen LogP contribution in [-0.4, -0.2) is 43.8 Å². The highest BCUT2D eigenvalue weighted by Gasteiger charge is 2.30. The van der Waals surface area contributed by atoms with Crippen molar-refractivity contribution in [3.8, 4) is 17.2 Å². The zero-order valence-electron chi connectivity index (χ0n) is 13.9. The Morgan fingerprint density at radius 1 is 1.21 bits per heavy atom. The standard InChI is InChI=1S/C16H12N2O8S2/c19-11-7-24-16(21)18(11)4-3-9-6-10(14-15(13(9)20)26-8-25-14)17-28(22,23)12-2-1-5-27-12/h1-6,17,20H,7-8H2/b4-3-. The van der Waals surface area contributed by atoms with Gasteiger partial charge in [-0.3, -0.25) is 9.52 Å². The Hall–Kier alpha value is -3.25. The molecule has 12 heteroatoms. The summed E-state index contributed by atoms with van der Waals surface area (Å²) >= 11 is 1.04. The molecule has 10 nitrogen and oxygen atoms in total. The second-order valence-electron chi connectivity index (χ2n) is 5.60. The molecule has 2 aliphatic rings. The largest absolute Gasteiger partial charge is 0.504 e. The van der Waals surface area contributed by atoms with E-state index >= 15 is 0 Å². The van der Waals surface area contributed by atoms with Crippen molar-refractivity contribution in [3.05, 3.63) is 35.3 Å². The number of aromatic hydroxyl groups is 1. The highest BCUT2D eigenvalue weighted by molar-refractivity contribution is 7.94. The molecule has 4 rings (SSSR count). The molecule has 0 atom stereocenters. The molecular formula is C16H12N2O8S2. The Balaban J connectivity index is 1.72. The molecular weight excluding hydrogens is 412 g/mol. The number of nitrogens with one attached hydrogen (secondary N) is 1. The molecule has 0 radical (unpaired) electrons. The van der Waals surface area contributed by atoms with E-state index in [0.29, 0.717) is 0 Å². The zero-order chi connectivity index (χ0) is 19.9. The Morgan fingerprint density at radius 2 is 2.00 bits per heavy atom. The predicted molar refractivity (Wildman–Crippen MR) is 96.6 cm³/mol. The molecule has 0 unspecified atom stereocenters. The smallest absolute Gasteiger partial charge is 0.421 e. The van der Waals surface area contributed by atoms with Gasteiger partial charge in [-0.05, 0) is 23.6 Å². The van der Waals surface area contributed by atoms with Crippen LogP contribution < -0.4 is 14.2 Å². The molecule has 2 aromatic rings. The van der Waals surface area contributed by atoms with Crippen LogP contribution in [0.2, 0.25) is 0 Å². The minimum Gasteiger partial charge on any atom is -0.504 e. The number of imide groups is 1. The van der Waals surface area contributed by atoms with Gasteiger partial charge in [-0.25, -0.2) is 18.1 Å². The highest BCUT2D eigenvalue weighted by atomic mass is 32.2. The molecule has 0 bridgehead atoms. The van der Waals surface area contributed by atoms with Gasteiger partial charge in [0.05, 0.1) is 5.69 Å². The third-order valence-corrected chi connectivity index (χ3v) is 6.60. The molecule has 28 heavy (non-hydrogen) atoms. The van der Waals surface area contributed by atoms with Gasteiger partial charge in [-0.15, -0.1) is 11.3 Å². The van der Waals surface area contributed by atoms with Gasteiger partial charge in [0.15, 0.2) is 18.1 Å². The molecule has 0 aliphatic carbocycles. The Morgan fingerprint density at radius 3 is 2.68 bits per heavy atom. The summed E-state index contributed by atoms with van der Waals surface area (Å²) < 4.78 is 42.6. The van der Waals surface area contributed by atoms with Crippen LogP contribution in [0.5, 0.6) is 17.2 Å². The number of sulfonamides is 1. The van der Waals surface area contributed by atoms with Crippen molar-refractivity contribution in [3.63, 3.8) is 0 Å². The van der Waals surface area contributed by atoms with Crippen molar-refractivity contribution in [1.82, 2.24) is 4.90 Å². The lowest BCUT2D eigenvalue weighted by molar-refractivity contribution is -0.124. The fourth-order valence-electron chi connectivity index (χ4n) is 2.55. The number of fused-ring (bicyclic) bond motifs is 1. The number of ether oxygens (including phenoxy) is 3. The molecule has 3 heterocycles. The maximum Gasteiger partial charge on any atom is 0.421 e. The molecule has 2 aliphatic heterocycles. The molecule has 0 spiro atoms. The van der Waals surface area contributed by atoms with Crippen molar-refractivity contribution >= 4 is 45.1 Å². The lowest BCUT2D eigenvalue weighted by Gasteiger charge is -2.12. The number of anilines is 1. The summed E-state index contributed by atoms with van der Waals surface area (Å²) in [5.74, 6) is -0.921. The van der Waals surface area contributed by atoms with Gasteiger partial charge in [0.25, 0.3) is 15.9 Å². The fraction of sp³-hybridized carbons (Fsp3) is 0.125. The fourth-order valence-corrected chi connectivity index (χ4v) is 4.60. The first-order chi connectivity index (χ1) is 13.4. The van der Waals surface area contributed by atoms with Crippen molar-refractivity contribution in [2.45, 2.75) is 4.21 Å². The van der Waals surface area contributed by atoms with Gasteiger partial charge in [-0.1, -0.05) is 6.07 Å². The lowest BCUT2D eigenvalue weighted by Crippen LogP contribution is -2.22. The van der Waals surface area contributed by atoms with Crippen LogP contribution in [-0.2, 0) is 19.6 Å². The summed E-state index contributed by atoms with van der Waals surface area (Å²) in [6.45, 7) is -0.580. The van der Waals surface area contributed by atoms with E-state index in [1.54, 1.807) is 11.4 Å². The van der Waals surface area contributed by atoms with E-state index in [4.69, 9.17) is 9.47 Å². The molecule has 2 amide bonds. The number of hydrogen-bond donors (Lipinski definition) is 2. The Kier molecular flexibility index (Phi) is 4.35. The van der Waals surface area contributed by atoms with E-state index in [9.17, 15) is 23.1 Å². The normalized spacial score (nSPS) is 16.1. The van der Waals surface area contributed by atoms with Crippen molar-refractivity contribution in [1.29, 1.82) is 0 Å². The third kappa shape index (κ3) is 3.12. The van der Waals surface area contributed by atoms with E-state index in [-0.39, 0.29) is 46.1 Å². The molecule has 1 saturated heterocycles. The Bertz CT molecular complexity index is 1080. The molecule has 1 fully saturated rings. The van der Waals surface area contributed by atoms with Crippen LogP contribution in [0.25, 0.3) is 6.08 Å². The number of carbonyl (C=O) groups is 2. The molecule has 2 N–H and O–H groups in total. The number of phenols is 1.